The average molecular weight is 300 g/mol. The van der Waals surface area contributed by atoms with Crippen molar-refractivity contribution in [1.29, 1.82) is 0 Å². The van der Waals surface area contributed by atoms with Crippen molar-refractivity contribution in [1.82, 2.24) is 15.3 Å². The van der Waals surface area contributed by atoms with Gasteiger partial charge >= 0.3 is 79.6 Å². The predicted octanol–water partition coefficient (Wildman–Crippen LogP) is -0.0721. The van der Waals surface area contributed by atoms with E-state index in [4.69, 9.17) is 0 Å². The summed E-state index contributed by atoms with van der Waals surface area (Å²) in [6.45, 7) is 3.09. The van der Waals surface area contributed by atoms with Crippen molar-refractivity contribution in [3.63, 3.8) is 0 Å². The van der Waals surface area contributed by atoms with Crippen LogP contribution in [0.4, 0.5) is 5.82 Å². The average Bonchev–Trinajstić information content (AvgIpc) is 2.18. The molecule has 0 saturated heterocycles. The molecule has 0 unspecified atom stereocenters. The van der Waals surface area contributed by atoms with E-state index < -0.39 is 0 Å². The van der Waals surface area contributed by atoms with Crippen molar-refractivity contribution >= 4 is 32.1 Å². The van der Waals surface area contributed by atoms with Crippen molar-refractivity contribution in [3.05, 3.63) is 12.4 Å². The van der Waals surface area contributed by atoms with Crippen LogP contribution in [-0.2, 0) is 0 Å². The number of rotatable bonds is 3. The maximum Gasteiger partial charge on any atom is -0.0167 e. The van der Waals surface area contributed by atoms with Gasteiger partial charge in [-0.1, -0.05) is 0 Å². The Morgan fingerprint density at radius 1 is 1.29 bits per heavy atom. The minimum absolute atomic E-state index is 0.873. The van der Waals surface area contributed by atoms with E-state index in [1.807, 2.05) is 14.1 Å². The van der Waals surface area contributed by atoms with Gasteiger partial charge < -0.3 is 5.32 Å². The number of hydrogen-bond acceptors (Lipinski definition) is 4. The molecule has 0 atom stereocenters. The van der Waals surface area contributed by atoms with Gasteiger partial charge in [-0.25, -0.2) is 0 Å². The molecule has 0 spiro atoms. The Morgan fingerprint density at radius 3 is 2.36 bits per heavy atom. The van der Waals surface area contributed by atoms with Crippen LogP contribution < -0.4 is 14.3 Å². The van der Waals surface area contributed by atoms with Crippen LogP contribution in [0.25, 0.3) is 0 Å². The zero-order valence-electron chi connectivity index (χ0n) is 8.96. The van der Waals surface area contributed by atoms with E-state index in [0.717, 1.165) is 22.5 Å². The van der Waals surface area contributed by atoms with Gasteiger partial charge in [-0.15, -0.1) is 0 Å². The molecule has 0 aromatic carbocycles. The summed E-state index contributed by atoms with van der Waals surface area (Å²) in [5.74, 6) is 0.873. The Balaban J connectivity index is 0.000000500. The Morgan fingerprint density at radius 2 is 1.93 bits per heavy atom. The third-order valence-corrected chi connectivity index (χ3v) is 1.94. The molecular weight excluding hydrogens is 283 g/mol. The van der Waals surface area contributed by atoms with Crippen LogP contribution in [0.2, 0.25) is 0 Å². The van der Waals surface area contributed by atoms with Crippen LogP contribution in [0.3, 0.4) is 0 Å². The summed E-state index contributed by atoms with van der Waals surface area (Å²) >= 11 is 1.31. The number of hydrogen-bond donors (Lipinski definition) is 2. The molecule has 2 N–H and O–H groups in total. The summed E-state index contributed by atoms with van der Waals surface area (Å²) in [6.07, 6.45) is 4.69. The fourth-order valence-electron chi connectivity index (χ4n) is 0.672. The van der Waals surface area contributed by atoms with Crippen LogP contribution in [0.1, 0.15) is 13.3 Å². The molecule has 0 aliphatic heterocycles. The van der Waals surface area contributed by atoms with E-state index >= 15 is 0 Å². The Kier molecular flexibility index (Phi) is 8.97. The molecular formula is C9H17N4Sn. The summed E-state index contributed by atoms with van der Waals surface area (Å²) < 4.78 is 1.04. The molecule has 5 heteroatoms. The molecule has 1 heterocycles. The number of nitrogens with one attached hydrogen (secondary N) is 2. The molecule has 77 valence electrons. The maximum atomic E-state index is 4.16. The van der Waals surface area contributed by atoms with Crippen LogP contribution >= 0.6 is 0 Å². The molecule has 0 aliphatic rings. The van der Waals surface area contributed by atoms with Gasteiger partial charge in [0, 0.05) is 0 Å². The maximum absolute atomic E-state index is 4.16. The second kappa shape index (κ2) is 9.20. The van der Waals surface area contributed by atoms with Gasteiger partial charge in [0.2, 0.25) is 0 Å². The van der Waals surface area contributed by atoms with E-state index in [2.05, 4.69) is 27.5 Å². The van der Waals surface area contributed by atoms with Crippen LogP contribution in [-0.4, -0.2) is 53.1 Å². The van der Waals surface area contributed by atoms with Gasteiger partial charge in [0.1, 0.15) is 0 Å². The number of anilines is 1. The molecule has 0 aliphatic carbocycles. The van der Waals surface area contributed by atoms with Crippen LogP contribution in [0, 0.1) is 0 Å². The van der Waals surface area contributed by atoms with Crippen LogP contribution in [0.15, 0.2) is 12.4 Å². The van der Waals surface area contributed by atoms with Crippen molar-refractivity contribution < 1.29 is 0 Å². The van der Waals surface area contributed by atoms with Crippen molar-refractivity contribution in [2.45, 2.75) is 13.3 Å². The minimum atomic E-state index is 0.873. The summed E-state index contributed by atoms with van der Waals surface area (Å²) in [7, 11) is 3.75. The first-order valence-corrected chi connectivity index (χ1v) is 6.03. The third-order valence-electron chi connectivity index (χ3n) is 1.21. The van der Waals surface area contributed by atoms with Gasteiger partial charge in [-0.3, -0.25) is 0 Å². The first-order chi connectivity index (χ1) is 6.74. The SMILES string of the molecule is CCCNc1cn[c]([Sn])cn1.CNC. The molecule has 14 heavy (non-hydrogen) atoms. The van der Waals surface area contributed by atoms with Gasteiger partial charge in [-0.2, -0.15) is 0 Å². The summed E-state index contributed by atoms with van der Waals surface area (Å²) in [5.41, 5.74) is 0. The normalized spacial score (nSPS) is 8.86. The molecule has 0 saturated carbocycles. The van der Waals surface area contributed by atoms with E-state index in [1.165, 1.54) is 22.5 Å². The molecule has 1 aromatic rings. The van der Waals surface area contributed by atoms with E-state index in [1.54, 1.807) is 12.4 Å². The number of nitrogens with zero attached hydrogens (tertiary/aromatic N) is 2. The van der Waals surface area contributed by atoms with Gasteiger partial charge in [0.15, 0.2) is 0 Å². The van der Waals surface area contributed by atoms with Crippen molar-refractivity contribution in [2.75, 3.05) is 26.0 Å². The molecule has 0 fully saturated rings. The predicted molar refractivity (Wildman–Crippen MR) is 61.2 cm³/mol. The monoisotopic (exact) mass is 301 g/mol. The van der Waals surface area contributed by atoms with Gasteiger partial charge in [0.05, 0.1) is 0 Å². The topological polar surface area (TPSA) is 49.8 Å². The third kappa shape index (κ3) is 7.08. The Hall–Kier alpha value is -0.361. The second-order valence-corrected chi connectivity index (χ2v) is 4.18. The van der Waals surface area contributed by atoms with Gasteiger partial charge in [0.25, 0.3) is 0 Å². The Bertz CT molecular complexity index is 225. The van der Waals surface area contributed by atoms with Crippen molar-refractivity contribution in [3.8, 4) is 0 Å². The zero-order valence-corrected chi connectivity index (χ0v) is 11.8. The molecule has 4 nitrogen and oxygen atoms in total. The largest absolute Gasteiger partial charge is 0.323 e. The summed E-state index contributed by atoms with van der Waals surface area (Å²) in [5, 5.41) is 5.91. The zero-order chi connectivity index (χ0) is 10.8. The molecule has 0 amide bonds. The molecule has 3 radical (unpaired) electrons. The van der Waals surface area contributed by atoms with Crippen molar-refractivity contribution in [2.24, 2.45) is 0 Å². The smallest absolute Gasteiger partial charge is 0.0167 e. The molecule has 0 bridgehead atoms. The standard InChI is InChI=1S/C7H10N3.C2H7N.Sn/c1-2-3-9-7-6-8-4-5-10-7;1-3-2;/h5-6H,2-3H2,1H3,(H,9,10);3H,1-2H3;. The Labute approximate surface area is 99.0 Å². The molecule has 1 rings (SSSR count). The van der Waals surface area contributed by atoms with E-state index in [-0.39, 0.29) is 0 Å². The summed E-state index contributed by atoms with van der Waals surface area (Å²) in [6, 6.07) is 0. The first kappa shape index (κ1) is 13.6. The molecule has 1 aromatic heterocycles. The quantitative estimate of drug-likeness (QED) is 0.767. The second-order valence-electron chi connectivity index (χ2n) is 2.71. The fourth-order valence-corrected chi connectivity index (χ4v) is 1.04. The fraction of sp³-hybridized carbons (Fsp3) is 0.556. The van der Waals surface area contributed by atoms with E-state index in [9.17, 15) is 0 Å². The first-order valence-electron chi connectivity index (χ1n) is 4.60. The number of aromatic nitrogens is 2. The van der Waals surface area contributed by atoms with E-state index in [0.29, 0.717) is 0 Å². The summed E-state index contributed by atoms with van der Waals surface area (Å²) in [4.78, 5) is 8.31. The van der Waals surface area contributed by atoms with Crippen LogP contribution in [0.5, 0.6) is 0 Å². The minimum Gasteiger partial charge on any atom is -0.323 e. The van der Waals surface area contributed by atoms with Gasteiger partial charge in [-0.05, 0) is 14.1 Å².